The maximum absolute atomic E-state index is 13.9. The van der Waals surface area contributed by atoms with E-state index in [2.05, 4.69) is 41.4 Å². The molecule has 0 aliphatic carbocycles. The van der Waals surface area contributed by atoms with Gasteiger partial charge in [0.25, 0.3) is 5.91 Å². The number of benzene rings is 1. The van der Waals surface area contributed by atoms with Gasteiger partial charge in [-0.3, -0.25) is 14.0 Å². The van der Waals surface area contributed by atoms with E-state index in [0.29, 0.717) is 49.7 Å². The quantitative estimate of drug-likeness (QED) is 0.155. The Morgan fingerprint density at radius 2 is 2.00 bits per heavy atom. The van der Waals surface area contributed by atoms with Gasteiger partial charge in [-0.1, -0.05) is 18.2 Å². The molecular formula is C34H40FN5O5. The lowest BCUT2D eigenvalue weighted by Crippen LogP contribution is -2.45. The number of imidazole rings is 1. The number of nitrogens with zero attached hydrogens (tertiary/aromatic N) is 4. The Bertz CT molecular complexity index is 1600. The van der Waals surface area contributed by atoms with E-state index in [1.807, 2.05) is 17.4 Å². The van der Waals surface area contributed by atoms with Gasteiger partial charge in [0.15, 0.2) is 0 Å². The van der Waals surface area contributed by atoms with Crippen LogP contribution in [0, 0.1) is 24.1 Å². The van der Waals surface area contributed by atoms with Crippen molar-refractivity contribution in [1.82, 2.24) is 14.7 Å². The number of halogens is 1. The lowest BCUT2D eigenvalue weighted by Gasteiger charge is -2.41. The van der Waals surface area contributed by atoms with Crippen LogP contribution in [0.2, 0.25) is 0 Å². The fourth-order valence-electron chi connectivity index (χ4n) is 5.42. The van der Waals surface area contributed by atoms with Crippen LogP contribution in [0.25, 0.3) is 5.65 Å². The summed E-state index contributed by atoms with van der Waals surface area (Å²) in [6.07, 6.45) is 7.29. The van der Waals surface area contributed by atoms with E-state index in [0.717, 1.165) is 29.8 Å². The second kappa shape index (κ2) is 14.9. The van der Waals surface area contributed by atoms with Crippen LogP contribution < -0.4 is 15.0 Å². The first-order valence-electron chi connectivity index (χ1n) is 14.9. The zero-order chi connectivity index (χ0) is 32.6. The molecule has 10 nitrogen and oxygen atoms in total. The third kappa shape index (κ3) is 8.08. The number of nitriles is 1. The zero-order valence-electron chi connectivity index (χ0n) is 26.1. The van der Waals surface area contributed by atoms with Gasteiger partial charge in [0.05, 0.1) is 38.4 Å². The van der Waals surface area contributed by atoms with Crippen molar-refractivity contribution in [2.75, 3.05) is 38.3 Å². The van der Waals surface area contributed by atoms with Crippen molar-refractivity contribution in [1.29, 1.82) is 5.26 Å². The number of aromatic nitrogens is 2. The number of anilines is 1. The summed E-state index contributed by atoms with van der Waals surface area (Å²) in [6, 6.07) is 7.11. The molecule has 0 saturated carbocycles. The van der Waals surface area contributed by atoms with Gasteiger partial charge in [-0.25, -0.2) is 9.37 Å². The van der Waals surface area contributed by atoms with Gasteiger partial charge in [-0.2, -0.15) is 5.26 Å². The Hall–Kier alpha value is -4.69. The number of esters is 1. The molecule has 1 fully saturated rings. The minimum Gasteiger partial charge on any atom is -0.493 e. The number of aryl methyl sites for hydroxylation is 1. The van der Waals surface area contributed by atoms with Crippen LogP contribution in [0.3, 0.4) is 0 Å². The summed E-state index contributed by atoms with van der Waals surface area (Å²) in [5.74, 6) is -0.306. The number of pyridine rings is 1. The highest BCUT2D eigenvalue weighted by Gasteiger charge is 2.33. The van der Waals surface area contributed by atoms with Crippen LogP contribution in [-0.2, 0) is 27.1 Å². The van der Waals surface area contributed by atoms with E-state index in [1.165, 1.54) is 19.2 Å². The number of fused-ring (bicyclic) bond motifs is 1. The lowest BCUT2D eigenvalue weighted by molar-refractivity contribution is -0.139. The normalized spacial score (nSPS) is 14.8. The van der Waals surface area contributed by atoms with Crippen molar-refractivity contribution in [3.63, 3.8) is 0 Å². The minimum absolute atomic E-state index is 0.0550. The molecule has 0 bridgehead atoms. The van der Waals surface area contributed by atoms with Gasteiger partial charge in [-0.05, 0) is 56.4 Å². The number of hydrogen-bond acceptors (Lipinski definition) is 8. The van der Waals surface area contributed by atoms with E-state index in [4.69, 9.17) is 14.2 Å². The van der Waals surface area contributed by atoms with Crippen LogP contribution in [-0.4, -0.2) is 66.3 Å². The summed E-state index contributed by atoms with van der Waals surface area (Å²) < 4.78 is 32.5. The number of nitrogens with one attached hydrogen (secondary N) is 1. The highest BCUT2D eigenvalue weighted by atomic mass is 19.1. The molecule has 1 aliphatic heterocycles. The predicted molar refractivity (Wildman–Crippen MR) is 169 cm³/mol. The number of rotatable bonds is 14. The molecule has 4 rings (SSSR count). The Kier molecular flexibility index (Phi) is 11.0. The molecule has 238 valence electrons. The molecule has 2 aromatic heterocycles. The first-order chi connectivity index (χ1) is 21.6. The van der Waals surface area contributed by atoms with Crippen molar-refractivity contribution in [2.24, 2.45) is 0 Å². The number of hydrogen-bond donors (Lipinski definition) is 1. The molecular weight excluding hydrogens is 577 g/mol. The van der Waals surface area contributed by atoms with E-state index in [9.17, 15) is 19.2 Å². The average molecular weight is 618 g/mol. The summed E-state index contributed by atoms with van der Waals surface area (Å²) >= 11 is 0. The number of methoxy groups -OCH3 is 1. The molecule has 11 heteroatoms. The van der Waals surface area contributed by atoms with Crippen molar-refractivity contribution in [3.05, 3.63) is 84.0 Å². The Labute approximate surface area is 263 Å². The fourth-order valence-corrected chi connectivity index (χ4v) is 5.42. The number of carbonyl (C=O) groups is 2. The summed E-state index contributed by atoms with van der Waals surface area (Å²) in [5.41, 5.74) is 2.55. The smallest absolute Gasteiger partial charge is 0.310 e. The highest BCUT2D eigenvalue weighted by Crippen LogP contribution is 2.33. The van der Waals surface area contributed by atoms with Crippen LogP contribution in [0.4, 0.5) is 10.2 Å². The third-order valence-electron chi connectivity index (χ3n) is 8.00. The van der Waals surface area contributed by atoms with Gasteiger partial charge in [0, 0.05) is 37.3 Å². The largest absolute Gasteiger partial charge is 0.493 e. The summed E-state index contributed by atoms with van der Waals surface area (Å²) in [7, 11) is 1.35. The van der Waals surface area contributed by atoms with Gasteiger partial charge < -0.3 is 24.4 Å². The van der Waals surface area contributed by atoms with Gasteiger partial charge >= 0.3 is 5.97 Å². The minimum atomic E-state index is -0.930. The first kappa shape index (κ1) is 33.2. The van der Waals surface area contributed by atoms with E-state index in [1.54, 1.807) is 24.4 Å². The highest BCUT2D eigenvalue weighted by molar-refractivity contribution is 5.93. The van der Waals surface area contributed by atoms with Crippen LogP contribution in [0.1, 0.15) is 53.4 Å². The second-order valence-corrected chi connectivity index (χ2v) is 11.3. The molecule has 1 amide bonds. The molecule has 0 spiro atoms. The number of ether oxygens (including phenoxy) is 3. The van der Waals surface area contributed by atoms with E-state index in [-0.39, 0.29) is 30.1 Å². The maximum atomic E-state index is 13.9. The molecule has 1 N–H and O–H groups in total. The topological polar surface area (TPSA) is 118 Å². The molecule has 3 aromatic rings. The van der Waals surface area contributed by atoms with E-state index < -0.39 is 17.8 Å². The van der Waals surface area contributed by atoms with Crippen LogP contribution >= 0.6 is 0 Å². The Morgan fingerprint density at radius 3 is 2.67 bits per heavy atom. The molecule has 3 heterocycles. The molecule has 0 radical (unpaired) electrons. The molecule has 1 aromatic carbocycles. The zero-order valence-corrected chi connectivity index (χ0v) is 26.1. The number of amides is 1. The molecule has 45 heavy (non-hydrogen) atoms. The Balaban J connectivity index is 1.62. The van der Waals surface area contributed by atoms with Crippen molar-refractivity contribution >= 4 is 23.3 Å². The summed E-state index contributed by atoms with van der Waals surface area (Å²) in [6.45, 7) is 13.5. The monoisotopic (exact) mass is 617 g/mol. The predicted octanol–water partition coefficient (Wildman–Crippen LogP) is 4.88. The van der Waals surface area contributed by atoms with E-state index >= 15 is 0 Å². The van der Waals surface area contributed by atoms with Crippen molar-refractivity contribution < 1.29 is 28.2 Å². The SMILES string of the molecule is C=CCCOc1cc(F)ccc1CC(C#N)NC(=O)c1cn2c(N3CCC(C)(OCC=C)CC3)c(CC(=O)OC)c(C)cc2n1. The summed E-state index contributed by atoms with van der Waals surface area (Å²) in [4.78, 5) is 32.6. The third-order valence-corrected chi connectivity index (χ3v) is 8.00. The number of piperidine rings is 1. The first-order valence-corrected chi connectivity index (χ1v) is 14.9. The second-order valence-electron chi connectivity index (χ2n) is 11.3. The van der Waals surface area contributed by atoms with Gasteiger partial charge in [0.2, 0.25) is 0 Å². The molecule has 1 atom stereocenters. The van der Waals surface area contributed by atoms with Gasteiger partial charge in [-0.15, -0.1) is 13.2 Å². The molecule has 1 unspecified atom stereocenters. The molecule has 1 aliphatic rings. The maximum Gasteiger partial charge on any atom is 0.310 e. The standard InChI is InChI=1S/C34H40FN5O5/c1-6-8-16-44-29-19-25(35)10-9-24(29)18-26(21-36)37-32(42)28-22-40-30(38-28)17-23(3)27(20-31(41)43-5)33(40)39-13-11-34(4,12-14-39)45-15-7-2/h6-7,9-10,17,19,22,26H,1-2,8,11-16,18,20H2,3-5H3,(H,37,42). The Morgan fingerprint density at radius 1 is 1.24 bits per heavy atom. The fraction of sp³-hybridized carbons (Fsp3) is 0.412. The van der Waals surface area contributed by atoms with Crippen molar-refractivity contribution in [2.45, 2.75) is 57.6 Å². The average Bonchev–Trinajstić information content (AvgIpc) is 3.45. The lowest BCUT2D eigenvalue weighted by atomic mass is 9.92. The summed E-state index contributed by atoms with van der Waals surface area (Å²) in [5, 5.41) is 12.6. The van der Waals surface area contributed by atoms with Crippen molar-refractivity contribution in [3.8, 4) is 11.8 Å². The van der Waals surface area contributed by atoms with Gasteiger partial charge in [0.1, 0.15) is 34.8 Å². The van der Waals surface area contributed by atoms with Crippen LogP contribution in [0.5, 0.6) is 5.75 Å². The number of carbonyl (C=O) groups excluding carboxylic acids is 2. The van der Waals surface area contributed by atoms with Crippen LogP contribution in [0.15, 0.2) is 55.8 Å². The molecule has 1 saturated heterocycles.